The number of fused-ring (bicyclic) bond motifs is 2. The zero-order valence-electron chi connectivity index (χ0n) is 21.3. The van der Waals surface area contributed by atoms with Crippen molar-refractivity contribution >= 4 is 28.3 Å². The third-order valence-corrected chi connectivity index (χ3v) is 7.86. The van der Waals surface area contributed by atoms with Gasteiger partial charge in [-0.2, -0.15) is 15.5 Å². The van der Waals surface area contributed by atoms with E-state index in [1.807, 2.05) is 38.1 Å². The van der Waals surface area contributed by atoms with Gasteiger partial charge in [0.05, 0.1) is 30.3 Å². The Bertz CT molecular complexity index is 1360. The lowest BCUT2D eigenvalue weighted by Gasteiger charge is -2.34. The first-order chi connectivity index (χ1) is 17.7. The summed E-state index contributed by atoms with van der Waals surface area (Å²) in [6.07, 6.45) is 6.29. The van der Waals surface area contributed by atoms with Gasteiger partial charge in [-0.25, -0.2) is 9.97 Å². The van der Waals surface area contributed by atoms with Gasteiger partial charge in [-0.1, -0.05) is 52.0 Å². The van der Waals surface area contributed by atoms with E-state index in [4.69, 9.17) is 0 Å². The predicted molar refractivity (Wildman–Crippen MR) is 137 cm³/mol. The Morgan fingerprint density at radius 3 is 2.59 bits per heavy atom. The van der Waals surface area contributed by atoms with Crippen LogP contribution in [0.4, 0.5) is 5.69 Å². The number of likely N-dealkylation sites (tertiary alicyclic amines) is 1. The van der Waals surface area contributed by atoms with Crippen LogP contribution < -0.4 is 10.6 Å². The lowest BCUT2D eigenvalue weighted by Crippen LogP contribution is -2.55. The van der Waals surface area contributed by atoms with Gasteiger partial charge in [0, 0.05) is 17.3 Å². The summed E-state index contributed by atoms with van der Waals surface area (Å²) in [5.74, 6) is -0.307. The summed E-state index contributed by atoms with van der Waals surface area (Å²) in [7, 11) is 0. The third kappa shape index (κ3) is 4.35. The Kier molecular flexibility index (Phi) is 6.23. The lowest BCUT2D eigenvalue weighted by atomic mass is 9.97. The maximum atomic E-state index is 13.8. The first-order valence-electron chi connectivity index (χ1n) is 12.5. The van der Waals surface area contributed by atoms with E-state index in [2.05, 4.69) is 50.7 Å². The number of nitrogens with one attached hydrogen (secondary N) is 2. The molecule has 3 aromatic rings. The maximum absolute atomic E-state index is 13.8. The number of hydrogen-bond donors (Lipinski definition) is 2. The quantitative estimate of drug-likeness (QED) is 0.507. The highest BCUT2D eigenvalue weighted by atomic mass is 16.2. The summed E-state index contributed by atoms with van der Waals surface area (Å²) in [6.45, 7) is 8.67. The Hall–Kier alpha value is -4.13. The number of benzene rings is 1. The van der Waals surface area contributed by atoms with Crippen LogP contribution in [0.3, 0.4) is 0 Å². The van der Waals surface area contributed by atoms with Crippen LogP contribution in [0.5, 0.6) is 0 Å². The van der Waals surface area contributed by atoms with Gasteiger partial charge in [-0.05, 0) is 23.2 Å². The topological polar surface area (TPSA) is 137 Å². The van der Waals surface area contributed by atoms with Crippen LogP contribution in [0.15, 0.2) is 49.2 Å². The molecule has 2 N–H and O–H groups in total. The van der Waals surface area contributed by atoms with Crippen molar-refractivity contribution in [1.82, 2.24) is 30.4 Å². The average Bonchev–Trinajstić information content (AvgIpc) is 3.22. The summed E-state index contributed by atoms with van der Waals surface area (Å²) in [4.78, 5) is 37.3. The normalized spacial score (nSPS) is 23.1. The number of amides is 2. The minimum atomic E-state index is -0.996. The van der Waals surface area contributed by atoms with Crippen molar-refractivity contribution in [2.24, 2.45) is 23.2 Å². The van der Waals surface area contributed by atoms with Crippen LogP contribution in [-0.2, 0) is 9.59 Å². The van der Waals surface area contributed by atoms with E-state index in [0.29, 0.717) is 17.9 Å². The fraction of sp³-hybridized carbons (Fsp3) is 0.444. The van der Waals surface area contributed by atoms with E-state index in [-0.39, 0.29) is 35.0 Å². The highest BCUT2D eigenvalue weighted by Gasteiger charge is 2.69. The number of aromatic nitrogens is 4. The molecule has 5 rings (SSSR count). The number of carbonyl (C=O) groups is 2. The van der Waals surface area contributed by atoms with Gasteiger partial charge in [0.2, 0.25) is 11.8 Å². The van der Waals surface area contributed by atoms with Crippen LogP contribution in [0, 0.1) is 34.5 Å². The first-order valence-corrected chi connectivity index (χ1v) is 12.5. The van der Waals surface area contributed by atoms with Crippen LogP contribution in [0.1, 0.15) is 39.4 Å². The predicted octanol–water partition coefficient (Wildman–Crippen LogP) is 2.72. The molecular weight excluding hydrogens is 468 g/mol. The molecule has 1 aliphatic carbocycles. The zero-order chi connectivity index (χ0) is 26.3. The molecule has 10 heteroatoms. The minimum absolute atomic E-state index is 0.0160. The molecule has 3 heterocycles. The van der Waals surface area contributed by atoms with E-state index in [0.717, 1.165) is 10.8 Å². The van der Waals surface area contributed by atoms with Crippen molar-refractivity contribution in [3.8, 4) is 6.07 Å². The van der Waals surface area contributed by atoms with Crippen LogP contribution >= 0.6 is 0 Å². The van der Waals surface area contributed by atoms with Crippen LogP contribution in [0.2, 0.25) is 0 Å². The SMILES string of the molecule is CC(C)[C@H](Nc1cncnc1)C(=O)N1C[C@H]2[C@@H]([C@H]1C(=O)NC(C#N)c1nncc3ccccc13)C2(C)C. The van der Waals surface area contributed by atoms with Crippen molar-refractivity contribution in [2.75, 3.05) is 11.9 Å². The number of piperidine rings is 1. The monoisotopic (exact) mass is 498 g/mol. The van der Waals surface area contributed by atoms with Crippen LogP contribution in [-0.4, -0.2) is 55.5 Å². The summed E-state index contributed by atoms with van der Waals surface area (Å²) in [5, 5.41) is 25.9. The van der Waals surface area contributed by atoms with Gasteiger partial charge in [0.1, 0.15) is 24.1 Å². The second kappa shape index (κ2) is 9.39. The standard InChI is InChI=1S/C27H30N8O2/c1-15(2)22(32-17-11-29-14-30-12-17)26(37)35-13-19-21(27(19,3)4)24(35)25(36)33-20(9-28)23-18-8-6-5-7-16(18)10-31-34-23/h5-8,10-12,14-15,19-22,24,32H,13H2,1-4H3,(H,33,36)/t19-,20?,21-,22-,24-/m0/s1. The highest BCUT2D eigenvalue weighted by Crippen LogP contribution is 2.65. The Morgan fingerprint density at radius 1 is 1.16 bits per heavy atom. The van der Waals surface area contributed by atoms with Gasteiger partial charge in [0.15, 0.2) is 6.04 Å². The molecule has 2 fully saturated rings. The molecule has 2 aliphatic rings. The number of carbonyl (C=O) groups excluding carboxylic acids is 2. The summed E-state index contributed by atoms with van der Waals surface area (Å²) >= 11 is 0. The van der Waals surface area contributed by atoms with E-state index < -0.39 is 18.1 Å². The molecule has 1 saturated heterocycles. The van der Waals surface area contributed by atoms with Gasteiger partial charge < -0.3 is 15.5 Å². The molecule has 37 heavy (non-hydrogen) atoms. The fourth-order valence-corrected chi connectivity index (χ4v) is 5.71. The lowest BCUT2D eigenvalue weighted by molar-refractivity contribution is -0.141. The van der Waals surface area contributed by atoms with E-state index in [1.165, 1.54) is 6.33 Å². The molecule has 10 nitrogen and oxygen atoms in total. The van der Waals surface area contributed by atoms with Gasteiger partial charge in [-0.15, -0.1) is 0 Å². The van der Waals surface area contributed by atoms with Crippen molar-refractivity contribution in [3.05, 3.63) is 54.9 Å². The Morgan fingerprint density at radius 2 is 1.89 bits per heavy atom. The molecule has 5 atom stereocenters. The molecule has 2 aromatic heterocycles. The smallest absolute Gasteiger partial charge is 0.246 e. The van der Waals surface area contributed by atoms with Crippen molar-refractivity contribution in [3.63, 3.8) is 0 Å². The fourth-order valence-electron chi connectivity index (χ4n) is 5.71. The summed E-state index contributed by atoms with van der Waals surface area (Å²) in [6, 6.07) is 7.41. The maximum Gasteiger partial charge on any atom is 0.246 e. The Balaban J connectivity index is 1.41. The molecule has 0 bridgehead atoms. The van der Waals surface area contributed by atoms with Crippen molar-refractivity contribution in [1.29, 1.82) is 5.26 Å². The number of rotatable bonds is 7. The molecule has 1 aromatic carbocycles. The Labute approximate surface area is 215 Å². The van der Waals surface area contributed by atoms with E-state index >= 15 is 0 Å². The zero-order valence-corrected chi connectivity index (χ0v) is 21.3. The molecule has 2 amide bonds. The van der Waals surface area contributed by atoms with Gasteiger partial charge >= 0.3 is 0 Å². The number of nitriles is 1. The summed E-state index contributed by atoms with van der Waals surface area (Å²) in [5.41, 5.74) is 0.968. The molecule has 1 aliphatic heterocycles. The van der Waals surface area contributed by atoms with Crippen molar-refractivity contribution < 1.29 is 9.59 Å². The number of hydrogen-bond acceptors (Lipinski definition) is 8. The largest absolute Gasteiger partial charge is 0.371 e. The minimum Gasteiger partial charge on any atom is -0.371 e. The van der Waals surface area contributed by atoms with Crippen molar-refractivity contribution in [2.45, 2.75) is 45.8 Å². The van der Waals surface area contributed by atoms with E-state index in [9.17, 15) is 14.9 Å². The second-order valence-electron chi connectivity index (χ2n) is 10.8. The molecule has 1 unspecified atom stereocenters. The summed E-state index contributed by atoms with van der Waals surface area (Å²) < 4.78 is 0. The van der Waals surface area contributed by atoms with Gasteiger partial charge in [0.25, 0.3) is 0 Å². The molecule has 0 spiro atoms. The highest BCUT2D eigenvalue weighted by molar-refractivity contribution is 5.93. The third-order valence-electron chi connectivity index (χ3n) is 7.86. The first kappa shape index (κ1) is 24.6. The average molecular weight is 499 g/mol. The molecule has 190 valence electrons. The second-order valence-corrected chi connectivity index (χ2v) is 10.8. The molecule has 1 saturated carbocycles. The molecular formula is C27H30N8O2. The number of anilines is 1. The van der Waals surface area contributed by atoms with E-state index in [1.54, 1.807) is 23.5 Å². The van der Waals surface area contributed by atoms with Gasteiger partial charge in [-0.3, -0.25) is 9.59 Å². The van der Waals surface area contributed by atoms with Crippen LogP contribution in [0.25, 0.3) is 10.8 Å². The molecule has 0 radical (unpaired) electrons. The number of nitrogens with zero attached hydrogens (tertiary/aromatic N) is 6.